The van der Waals surface area contributed by atoms with Gasteiger partial charge in [-0.1, -0.05) is 57.9 Å². The third kappa shape index (κ3) is 7.97. The first-order chi connectivity index (χ1) is 15.8. The van der Waals surface area contributed by atoms with Crippen LogP contribution in [0.15, 0.2) is 36.5 Å². The lowest BCUT2D eigenvalue weighted by Crippen LogP contribution is -2.15. The lowest BCUT2D eigenvalue weighted by molar-refractivity contribution is 0.220. The van der Waals surface area contributed by atoms with Crippen molar-refractivity contribution in [2.24, 2.45) is 5.92 Å². The average Bonchev–Trinajstić information content (AvgIpc) is 2.85. The molecule has 1 aliphatic rings. The topological polar surface area (TPSA) is 45.9 Å². The SMILES string of the molecule is CCCCCCCCCCc1ccc(-c2ccc(OCC3CC[CH]CC3)c(C#N)c2)nc1. The number of rotatable bonds is 13. The van der Waals surface area contributed by atoms with E-state index in [1.54, 1.807) is 0 Å². The minimum atomic E-state index is 0.592. The minimum Gasteiger partial charge on any atom is -0.492 e. The predicted octanol–water partition coefficient (Wildman–Crippen LogP) is 8.08. The summed E-state index contributed by atoms with van der Waals surface area (Å²) in [4.78, 5) is 4.67. The number of aryl methyl sites for hydroxylation is 1. The van der Waals surface area contributed by atoms with Crippen LogP contribution >= 0.6 is 0 Å². The van der Waals surface area contributed by atoms with Crippen LogP contribution in [0.2, 0.25) is 0 Å². The first-order valence-corrected chi connectivity index (χ1v) is 12.7. The van der Waals surface area contributed by atoms with Gasteiger partial charge in [-0.15, -0.1) is 0 Å². The fourth-order valence-electron chi connectivity index (χ4n) is 4.48. The Balaban J connectivity index is 1.46. The van der Waals surface area contributed by atoms with E-state index in [-0.39, 0.29) is 0 Å². The van der Waals surface area contributed by atoms with Crippen LogP contribution in [0.4, 0.5) is 0 Å². The monoisotopic (exact) mass is 431 g/mol. The van der Waals surface area contributed by atoms with Crippen molar-refractivity contribution < 1.29 is 4.74 Å². The molecule has 3 rings (SSSR count). The van der Waals surface area contributed by atoms with Crippen LogP contribution in [-0.4, -0.2) is 11.6 Å². The van der Waals surface area contributed by atoms with Crippen molar-refractivity contribution in [1.29, 1.82) is 5.26 Å². The predicted molar refractivity (Wildman–Crippen MR) is 132 cm³/mol. The van der Waals surface area contributed by atoms with Crippen molar-refractivity contribution in [2.75, 3.05) is 6.61 Å². The summed E-state index contributed by atoms with van der Waals surface area (Å²) in [7, 11) is 0. The molecule has 3 nitrogen and oxygen atoms in total. The second-order valence-electron chi connectivity index (χ2n) is 9.22. The Morgan fingerprint density at radius 3 is 2.41 bits per heavy atom. The summed E-state index contributed by atoms with van der Waals surface area (Å²) in [6.45, 7) is 2.97. The zero-order valence-electron chi connectivity index (χ0n) is 19.8. The van der Waals surface area contributed by atoms with Gasteiger partial charge in [0.1, 0.15) is 11.8 Å². The van der Waals surface area contributed by atoms with Crippen LogP contribution < -0.4 is 4.74 Å². The van der Waals surface area contributed by atoms with Gasteiger partial charge >= 0.3 is 0 Å². The van der Waals surface area contributed by atoms with E-state index in [0.29, 0.717) is 23.8 Å². The van der Waals surface area contributed by atoms with Gasteiger partial charge in [-0.2, -0.15) is 5.26 Å². The molecule has 1 radical (unpaired) electrons. The normalized spacial score (nSPS) is 14.2. The maximum atomic E-state index is 9.62. The van der Waals surface area contributed by atoms with E-state index in [0.717, 1.165) is 17.7 Å². The number of ether oxygens (including phenoxy) is 1. The fraction of sp³-hybridized carbons (Fsp3) is 0.552. The molecule has 0 unspecified atom stereocenters. The summed E-state index contributed by atoms with van der Waals surface area (Å²) >= 11 is 0. The van der Waals surface area contributed by atoms with Gasteiger partial charge in [-0.3, -0.25) is 4.98 Å². The molecular formula is C29H39N2O. The lowest BCUT2D eigenvalue weighted by atomic mass is 9.90. The molecule has 2 aromatic rings. The fourth-order valence-corrected chi connectivity index (χ4v) is 4.48. The molecule has 3 heteroatoms. The maximum absolute atomic E-state index is 9.62. The molecule has 0 N–H and O–H groups in total. The zero-order valence-corrected chi connectivity index (χ0v) is 19.8. The van der Waals surface area contributed by atoms with Crippen molar-refractivity contribution in [1.82, 2.24) is 4.98 Å². The highest BCUT2D eigenvalue weighted by atomic mass is 16.5. The standard InChI is InChI=1S/C29H39N2O/c1-2-3-4-5-6-7-8-10-13-24-16-18-28(31-22-24)26-17-19-29(27(20-26)21-30)32-23-25-14-11-9-12-15-25/h9,16-20,22,25H,2-8,10-15,23H2,1H3. The second kappa shape index (κ2) is 13.9. The molecule has 1 aromatic carbocycles. The Morgan fingerprint density at radius 2 is 1.72 bits per heavy atom. The van der Waals surface area contributed by atoms with E-state index in [1.165, 1.54) is 82.6 Å². The zero-order chi connectivity index (χ0) is 22.4. The molecule has 0 atom stereocenters. The van der Waals surface area contributed by atoms with Crippen LogP contribution in [0.1, 0.15) is 95.1 Å². The number of pyridine rings is 1. The number of hydrogen-bond acceptors (Lipinski definition) is 3. The number of aromatic nitrogens is 1. The second-order valence-corrected chi connectivity index (χ2v) is 9.22. The Morgan fingerprint density at radius 1 is 0.969 bits per heavy atom. The number of unbranched alkanes of at least 4 members (excludes halogenated alkanes) is 7. The molecule has 32 heavy (non-hydrogen) atoms. The molecule has 1 fully saturated rings. The molecule has 0 bridgehead atoms. The Labute approximate surface area is 195 Å². The Bertz CT molecular complexity index is 831. The van der Waals surface area contributed by atoms with Gasteiger partial charge in [0.2, 0.25) is 0 Å². The van der Waals surface area contributed by atoms with Crippen molar-refractivity contribution in [2.45, 2.75) is 90.4 Å². The summed E-state index contributed by atoms with van der Waals surface area (Å²) in [6, 6.07) is 12.4. The highest BCUT2D eigenvalue weighted by Crippen LogP contribution is 2.28. The van der Waals surface area contributed by atoms with Gasteiger partial charge in [0.15, 0.2) is 0 Å². The Kier molecular flexibility index (Phi) is 10.6. The molecular weight excluding hydrogens is 392 g/mol. The van der Waals surface area contributed by atoms with Crippen molar-refractivity contribution in [3.63, 3.8) is 0 Å². The van der Waals surface area contributed by atoms with E-state index >= 15 is 0 Å². The molecule has 0 aliphatic heterocycles. The minimum absolute atomic E-state index is 0.592. The molecule has 0 amide bonds. The maximum Gasteiger partial charge on any atom is 0.137 e. The quantitative estimate of drug-likeness (QED) is 0.301. The van der Waals surface area contributed by atoms with E-state index in [9.17, 15) is 5.26 Å². The molecule has 1 aromatic heterocycles. The molecule has 0 spiro atoms. The third-order valence-electron chi connectivity index (χ3n) is 6.57. The average molecular weight is 432 g/mol. The first kappa shape index (κ1) is 24.3. The number of nitriles is 1. The smallest absolute Gasteiger partial charge is 0.137 e. The van der Waals surface area contributed by atoms with Gasteiger partial charge in [-0.05, 0) is 80.7 Å². The molecule has 1 aliphatic carbocycles. The number of hydrogen-bond donors (Lipinski definition) is 0. The van der Waals surface area contributed by atoms with E-state index in [2.05, 4.69) is 36.5 Å². The van der Waals surface area contributed by atoms with Crippen LogP contribution in [-0.2, 0) is 6.42 Å². The van der Waals surface area contributed by atoms with Gasteiger partial charge in [0, 0.05) is 11.8 Å². The first-order valence-electron chi connectivity index (χ1n) is 12.7. The van der Waals surface area contributed by atoms with Crippen molar-refractivity contribution >= 4 is 0 Å². The molecule has 1 heterocycles. The van der Waals surface area contributed by atoms with Crippen LogP contribution in [0.3, 0.4) is 0 Å². The van der Waals surface area contributed by atoms with Crippen LogP contribution in [0.5, 0.6) is 5.75 Å². The third-order valence-corrected chi connectivity index (χ3v) is 6.57. The summed E-state index contributed by atoms with van der Waals surface area (Å²) in [5.41, 5.74) is 3.77. The largest absolute Gasteiger partial charge is 0.492 e. The molecule has 1 saturated carbocycles. The number of benzene rings is 1. The van der Waals surface area contributed by atoms with Gasteiger partial charge < -0.3 is 4.74 Å². The van der Waals surface area contributed by atoms with E-state index in [4.69, 9.17) is 4.74 Å². The summed E-state index contributed by atoms with van der Waals surface area (Å²) in [5, 5.41) is 9.62. The summed E-state index contributed by atoms with van der Waals surface area (Å²) in [5.74, 6) is 1.29. The van der Waals surface area contributed by atoms with Crippen LogP contribution in [0, 0.1) is 23.7 Å². The van der Waals surface area contributed by atoms with Crippen molar-refractivity contribution in [3.05, 3.63) is 54.1 Å². The van der Waals surface area contributed by atoms with Gasteiger partial charge in [-0.25, -0.2) is 0 Å². The number of nitrogens with zero attached hydrogens (tertiary/aromatic N) is 2. The van der Waals surface area contributed by atoms with Crippen molar-refractivity contribution in [3.8, 4) is 23.1 Å². The Hall–Kier alpha value is -2.34. The van der Waals surface area contributed by atoms with Crippen LogP contribution in [0.25, 0.3) is 11.3 Å². The van der Waals surface area contributed by atoms with E-state index < -0.39 is 0 Å². The summed E-state index contributed by atoms with van der Waals surface area (Å²) in [6.07, 6.45) is 20.9. The molecule has 0 saturated heterocycles. The lowest BCUT2D eigenvalue weighted by Gasteiger charge is -2.21. The highest BCUT2D eigenvalue weighted by Gasteiger charge is 2.15. The highest BCUT2D eigenvalue weighted by molar-refractivity contribution is 5.64. The van der Waals surface area contributed by atoms with Gasteiger partial charge in [0.25, 0.3) is 0 Å². The molecule has 171 valence electrons. The van der Waals surface area contributed by atoms with E-state index in [1.807, 2.05) is 24.4 Å². The van der Waals surface area contributed by atoms with Gasteiger partial charge in [0.05, 0.1) is 17.9 Å². The summed E-state index contributed by atoms with van der Waals surface area (Å²) < 4.78 is 6.01.